The van der Waals surface area contributed by atoms with Crippen molar-refractivity contribution in [3.05, 3.63) is 29.8 Å². The van der Waals surface area contributed by atoms with Crippen LogP contribution in [-0.4, -0.2) is 35.9 Å². The zero-order chi connectivity index (χ0) is 14.3. The fourth-order valence-corrected chi connectivity index (χ4v) is 1.87. The van der Waals surface area contributed by atoms with Gasteiger partial charge in [0.2, 0.25) is 5.91 Å². The lowest BCUT2D eigenvalue weighted by atomic mass is 10.1. The van der Waals surface area contributed by atoms with Gasteiger partial charge in [0.15, 0.2) is 0 Å². The summed E-state index contributed by atoms with van der Waals surface area (Å²) in [5.41, 5.74) is 7.01. The van der Waals surface area contributed by atoms with E-state index in [1.165, 1.54) is 0 Å². The van der Waals surface area contributed by atoms with Crippen LogP contribution in [0.1, 0.15) is 25.3 Å². The molecule has 0 aromatic heterocycles. The van der Waals surface area contributed by atoms with E-state index >= 15 is 0 Å². The van der Waals surface area contributed by atoms with Gasteiger partial charge in [-0.2, -0.15) is 0 Å². The minimum atomic E-state index is -0.00629. The van der Waals surface area contributed by atoms with E-state index in [1.54, 1.807) is 0 Å². The van der Waals surface area contributed by atoms with Gasteiger partial charge in [0.05, 0.1) is 5.69 Å². The molecule has 1 rings (SSSR count). The number of hydrogen-bond donors (Lipinski definition) is 2. The van der Waals surface area contributed by atoms with Crippen molar-refractivity contribution in [2.75, 3.05) is 25.5 Å². The Balaban J connectivity index is 2.51. The number of para-hydroxylation sites is 1. The van der Waals surface area contributed by atoms with Crippen molar-refractivity contribution in [1.29, 1.82) is 0 Å². The second kappa shape index (κ2) is 7.86. The first kappa shape index (κ1) is 15.6. The fourth-order valence-electron chi connectivity index (χ4n) is 1.69. The van der Waals surface area contributed by atoms with Crippen LogP contribution < -0.4 is 11.1 Å². The van der Waals surface area contributed by atoms with Gasteiger partial charge in [-0.1, -0.05) is 31.3 Å². The summed E-state index contributed by atoms with van der Waals surface area (Å²) in [6.45, 7) is 4.01. The van der Waals surface area contributed by atoms with Crippen LogP contribution in [0.5, 0.6) is 0 Å². The van der Waals surface area contributed by atoms with Crippen LogP contribution in [0, 0.1) is 0 Å². The maximum absolute atomic E-state index is 11.8. The summed E-state index contributed by atoms with van der Waals surface area (Å²) in [6, 6.07) is 7.32. The number of benzene rings is 1. The molecule has 5 heteroatoms. The monoisotopic (exact) mass is 279 g/mol. The lowest BCUT2D eigenvalue weighted by Crippen LogP contribution is -2.21. The highest BCUT2D eigenvalue weighted by Crippen LogP contribution is 2.15. The topological polar surface area (TPSA) is 58.4 Å². The standard InChI is InChI=1S/C14H21N3OS/c1-3-17(2)10-6-9-13(18)16-12-8-5-4-7-11(12)14(15)19/h4-5,7-8H,3,6,9-10H2,1-2H3,(H2,15,19)(H,16,18). The number of nitrogens with zero attached hydrogens (tertiary/aromatic N) is 1. The van der Waals surface area contributed by atoms with Crippen molar-refractivity contribution in [3.8, 4) is 0 Å². The van der Waals surface area contributed by atoms with Crippen molar-refractivity contribution in [1.82, 2.24) is 4.90 Å². The second-order valence-corrected chi connectivity index (χ2v) is 4.90. The van der Waals surface area contributed by atoms with Crippen LogP contribution in [-0.2, 0) is 4.79 Å². The molecule has 0 unspecified atom stereocenters. The van der Waals surface area contributed by atoms with Gasteiger partial charge >= 0.3 is 0 Å². The molecule has 1 amide bonds. The maximum Gasteiger partial charge on any atom is 0.224 e. The largest absolute Gasteiger partial charge is 0.389 e. The Morgan fingerprint density at radius 1 is 1.42 bits per heavy atom. The average Bonchev–Trinajstić information content (AvgIpc) is 2.38. The minimum absolute atomic E-state index is 0.00629. The van der Waals surface area contributed by atoms with E-state index in [-0.39, 0.29) is 5.91 Å². The number of anilines is 1. The smallest absolute Gasteiger partial charge is 0.224 e. The van der Waals surface area contributed by atoms with Crippen LogP contribution in [0.4, 0.5) is 5.69 Å². The minimum Gasteiger partial charge on any atom is -0.389 e. The summed E-state index contributed by atoms with van der Waals surface area (Å²) in [5, 5.41) is 2.86. The van der Waals surface area contributed by atoms with Crippen molar-refractivity contribution in [2.45, 2.75) is 19.8 Å². The average molecular weight is 279 g/mol. The predicted octanol–water partition coefficient (Wildman–Crippen LogP) is 1.99. The lowest BCUT2D eigenvalue weighted by molar-refractivity contribution is -0.116. The Labute approximate surface area is 120 Å². The number of amides is 1. The van der Waals surface area contributed by atoms with Crippen molar-refractivity contribution in [3.63, 3.8) is 0 Å². The molecule has 1 aromatic rings. The number of thiocarbonyl (C=S) groups is 1. The number of carbonyl (C=O) groups excluding carboxylic acids is 1. The molecular weight excluding hydrogens is 258 g/mol. The molecule has 104 valence electrons. The zero-order valence-electron chi connectivity index (χ0n) is 11.5. The van der Waals surface area contributed by atoms with E-state index in [2.05, 4.69) is 17.1 Å². The molecule has 0 aliphatic carbocycles. The molecule has 0 radical (unpaired) electrons. The highest BCUT2D eigenvalue weighted by atomic mass is 32.1. The summed E-state index contributed by atoms with van der Waals surface area (Å²) in [6.07, 6.45) is 1.33. The fraction of sp³-hybridized carbons (Fsp3) is 0.429. The molecule has 0 spiro atoms. The third-order valence-corrected chi connectivity index (χ3v) is 3.17. The van der Waals surface area contributed by atoms with Gasteiger partial charge < -0.3 is 16.0 Å². The summed E-state index contributed by atoms with van der Waals surface area (Å²) >= 11 is 4.96. The summed E-state index contributed by atoms with van der Waals surface area (Å²) in [7, 11) is 2.04. The number of nitrogens with two attached hydrogens (primary N) is 1. The molecular formula is C14H21N3OS. The van der Waals surface area contributed by atoms with Gasteiger partial charge in [-0.05, 0) is 38.7 Å². The Hall–Kier alpha value is -1.46. The van der Waals surface area contributed by atoms with Crippen LogP contribution >= 0.6 is 12.2 Å². The van der Waals surface area contributed by atoms with E-state index in [4.69, 9.17) is 18.0 Å². The van der Waals surface area contributed by atoms with Crippen LogP contribution in [0.15, 0.2) is 24.3 Å². The third-order valence-electron chi connectivity index (χ3n) is 2.95. The molecule has 4 nitrogen and oxygen atoms in total. The quantitative estimate of drug-likeness (QED) is 0.749. The first-order valence-electron chi connectivity index (χ1n) is 6.41. The van der Waals surface area contributed by atoms with Gasteiger partial charge in [-0.3, -0.25) is 4.79 Å². The number of carbonyl (C=O) groups is 1. The predicted molar refractivity (Wildman–Crippen MR) is 83.4 cm³/mol. The van der Waals surface area contributed by atoms with Crippen LogP contribution in [0.25, 0.3) is 0 Å². The Morgan fingerprint density at radius 3 is 2.74 bits per heavy atom. The molecule has 0 aliphatic rings. The molecule has 3 N–H and O–H groups in total. The van der Waals surface area contributed by atoms with Crippen molar-refractivity contribution < 1.29 is 4.79 Å². The Kier molecular flexibility index (Phi) is 6.45. The number of rotatable bonds is 7. The van der Waals surface area contributed by atoms with Crippen molar-refractivity contribution in [2.24, 2.45) is 5.73 Å². The Morgan fingerprint density at radius 2 is 2.11 bits per heavy atom. The molecule has 0 atom stereocenters. The van der Waals surface area contributed by atoms with Gasteiger partial charge in [0.1, 0.15) is 4.99 Å². The number of hydrogen-bond acceptors (Lipinski definition) is 3. The van der Waals surface area contributed by atoms with E-state index in [9.17, 15) is 4.79 Å². The van der Waals surface area contributed by atoms with E-state index in [0.717, 1.165) is 19.5 Å². The molecule has 0 bridgehead atoms. The van der Waals surface area contributed by atoms with Gasteiger partial charge in [0.25, 0.3) is 0 Å². The molecule has 0 saturated carbocycles. The molecule has 0 saturated heterocycles. The van der Waals surface area contributed by atoms with Gasteiger partial charge in [-0.15, -0.1) is 0 Å². The van der Waals surface area contributed by atoms with Gasteiger partial charge in [-0.25, -0.2) is 0 Å². The lowest BCUT2D eigenvalue weighted by Gasteiger charge is -2.13. The summed E-state index contributed by atoms with van der Waals surface area (Å²) in [5.74, 6) is -0.00629. The molecule has 0 fully saturated rings. The third kappa shape index (κ3) is 5.36. The SMILES string of the molecule is CCN(C)CCCC(=O)Nc1ccccc1C(N)=S. The summed E-state index contributed by atoms with van der Waals surface area (Å²) in [4.78, 5) is 14.3. The molecule has 0 aliphatic heterocycles. The Bertz CT molecular complexity index is 448. The molecule has 19 heavy (non-hydrogen) atoms. The first-order chi connectivity index (χ1) is 9.04. The molecule has 1 aromatic carbocycles. The van der Waals surface area contributed by atoms with E-state index in [1.807, 2.05) is 31.3 Å². The van der Waals surface area contributed by atoms with Crippen LogP contribution in [0.2, 0.25) is 0 Å². The van der Waals surface area contributed by atoms with Gasteiger partial charge in [0, 0.05) is 12.0 Å². The van der Waals surface area contributed by atoms with E-state index < -0.39 is 0 Å². The first-order valence-corrected chi connectivity index (χ1v) is 6.82. The zero-order valence-corrected chi connectivity index (χ0v) is 12.3. The molecule has 0 heterocycles. The maximum atomic E-state index is 11.8. The second-order valence-electron chi connectivity index (χ2n) is 4.46. The summed E-state index contributed by atoms with van der Waals surface area (Å²) < 4.78 is 0. The highest BCUT2D eigenvalue weighted by Gasteiger charge is 2.08. The van der Waals surface area contributed by atoms with E-state index in [0.29, 0.717) is 22.7 Å². The number of nitrogens with one attached hydrogen (secondary N) is 1. The van der Waals surface area contributed by atoms with Crippen molar-refractivity contribution >= 4 is 28.8 Å². The van der Waals surface area contributed by atoms with Crippen LogP contribution in [0.3, 0.4) is 0 Å². The normalized spacial score (nSPS) is 10.5. The highest BCUT2D eigenvalue weighted by molar-refractivity contribution is 7.80.